The highest BCUT2D eigenvalue weighted by molar-refractivity contribution is 9.10. The summed E-state index contributed by atoms with van der Waals surface area (Å²) in [5, 5.41) is 5.32. The fraction of sp³-hybridized carbons (Fsp3) is 0.231. The summed E-state index contributed by atoms with van der Waals surface area (Å²) >= 11 is 3.42. The van der Waals surface area contributed by atoms with Gasteiger partial charge in [0, 0.05) is 25.5 Å². The van der Waals surface area contributed by atoms with Gasteiger partial charge in [0.15, 0.2) is 5.65 Å². The van der Waals surface area contributed by atoms with Gasteiger partial charge in [-0.05, 0) is 28.1 Å². The van der Waals surface area contributed by atoms with E-state index in [0.29, 0.717) is 6.04 Å². The third-order valence-corrected chi connectivity index (χ3v) is 3.90. The Balaban J connectivity index is 1.60. The lowest BCUT2D eigenvalue weighted by atomic mass is 10.1. The maximum atomic E-state index is 4.40. The van der Waals surface area contributed by atoms with Crippen LogP contribution in [0.2, 0.25) is 0 Å². The van der Waals surface area contributed by atoms with Gasteiger partial charge in [-0.1, -0.05) is 0 Å². The summed E-state index contributed by atoms with van der Waals surface area (Å²) < 4.78 is 3.00. The van der Waals surface area contributed by atoms with Crippen LogP contribution < -0.4 is 4.90 Å². The second-order valence-corrected chi connectivity index (χ2v) is 5.68. The molecular formula is C13H11BrN6. The summed E-state index contributed by atoms with van der Waals surface area (Å²) in [4.78, 5) is 15.1. The Morgan fingerprint density at radius 1 is 1.20 bits per heavy atom. The van der Waals surface area contributed by atoms with E-state index in [4.69, 9.17) is 0 Å². The van der Waals surface area contributed by atoms with Gasteiger partial charge in [-0.2, -0.15) is 5.10 Å². The van der Waals surface area contributed by atoms with Crippen LogP contribution >= 0.6 is 15.9 Å². The van der Waals surface area contributed by atoms with E-state index in [1.807, 2.05) is 29.2 Å². The number of rotatable bonds is 2. The summed E-state index contributed by atoms with van der Waals surface area (Å²) in [6.07, 6.45) is 7.14. The molecule has 20 heavy (non-hydrogen) atoms. The van der Waals surface area contributed by atoms with Gasteiger partial charge in [0.25, 0.3) is 0 Å². The van der Waals surface area contributed by atoms with Crippen molar-refractivity contribution >= 4 is 32.8 Å². The molecule has 0 aromatic carbocycles. The Morgan fingerprint density at radius 2 is 2.10 bits per heavy atom. The summed E-state index contributed by atoms with van der Waals surface area (Å²) in [6.45, 7) is 1.80. The molecule has 4 rings (SSSR count). The van der Waals surface area contributed by atoms with Crippen LogP contribution in [0.25, 0.3) is 11.0 Å². The molecule has 0 bridgehead atoms. The Labute approximate surface area is 123 Å². The zero-order chi connectivity index (χ0) is 13.5. The average Bonchev–Trinajstić information content (AvgIpc) is 2.84. The highest BCUT2D eigenvalue weighted by atomic mass is 79.9. The van der Waals surface area contributed by atoms with E-state index in [-0.39, 0.29) is 0 Å². The molecule has 0 unspecified atom stereocenters. The van der Waals surface area contributed by atoms with Crippen LogP contribution in [0.4, 0.5) is 5.82 Å². The van der Waals surface area contributed by atoms with Gasteiger partial charge in [0.05, 0.1) is 22.1 Å². The molecule has 0 N–H and O–H groups in total. The topological polar surface area (TPSA) is 59.7 Å². The van der Waals surface area contributed by atoms with Crippen molar-refractivity contribution in [2.45, 2.75) is 6.04 Å². The van der Waals surface area contributed by atoms with Gasteiger partial charge in [0.2, 0.25) is 0 Å². The predicted molar refractivity (Wildman–Crippen MR) is 78.5 cm³/mol. The number of hydrogen-bond acceptors (Lipinski definition) is 5. The molecule has 0 atom stereocenters. The molecule has 1 fully saturated rings. The summed E-state index contributed by atoms with van der Waals surface area (Å²) in [6, 6.07) is 4.31. The standard InChI is InChI=1S/C13H11BrN6/c14-9-4-18-20(5-9)10-6-19(7-10)13-11-2-1-3-15-12(11)16-8-17-13/h1-5,8,10H,6-7H2. The molecule has 0 spiro atoms. The normalized spacial score (nSPS) is 15.6. The lowest BCUT2D eigenvalue weighted by Gasteiger charge is -2.40. The Bertz CT molecular complexity index is 759. The minimum absolute atomic E-state index is 0.392. The molecule has 0 amide bonds. The zero-order valence-corrected chi connectivity index (χ0v) is 12.1. The molecule has 4 heterocycles. The first-order chi connectivity index (χ1) is 9.81. The van der Waals surface area contributed by atoms with Gasteiger partial charge in [0.1, 0.15) is 12.1 Å². The highest BCUT2D eigenvalue weighted by Crippen LogP contribution is 2.30. The van der Waals surface area contributed by atoms with Gasteiger partial charge in [-0.3, -0.25) is 4.68 Å². The van der Waals surface area contributed by atoms with E-state index in [0.717, 1.165) is 34.4 Å². The highest BCUT2D eigenvalue weighted by Gasteiger charge is 2.30. The summed E-state index contributed by atoms with van der Waals surface area (Å²) in [5.41, 5.74) is 0.739. The van der Waals surface area contributed by atoms with Crippen LogP contribution in [-0.2, 0) is 0 Å². The van der Waals surface area contributed by atoms with Crippen molar-refractivity contribution in [2.24, 2.45) is 0 Å². The van der Waals surface area contributed by atoms with Crippen LogP contribution in [-0.4, -0.2) is 37.8 Å². The van der Waals surface area contributed by atoms with Crippen LogP contribution in [0.1, 0.15) is 6.04 Å². The first-order valence-electron chi connectivity index (χ1n) is 6.31. The molecular weight excluding hydrogens is 320 g/mol. The lowest BCUT2D eigenvalue weighted by molar-refractivity contribution is 0.366. The number of halogens is 1. The van der Waals surface area contributed by atoms with Crippen molar-refractivity contribution in [2.75, 3.05) is 18.0 Å². The predicted octanol–water partition coefficient (Wildman–Crippen LogP) is 2.05. The molecule has 1 aliphatic rings. The fourth-order valence-corrected chi connectivity index (χ4v) is 2.75. The number of anilines is 1. The third kappa shape index (κ3) is 1.85. The SMILES string of the molecule is Brc1cnn(C2CN(c3ncnc4ncccc34)C2)c1. The van der Waals surface area contributed by atoms with Gasteiger partial charge < -0.3 is 4.90 Å². The number of nitrogens with zero attached hydrogens (tertiary/aromatic N) is 6. The largest absolute Gasteiger partial charge is 0.352 e. The number of pyridine rings is 1. The summed E-state index contributed by atoms with van der Waals surface area (Å²) in [5.74, 6) is 0.950. The van der Waals surface area contributed by atoms with Crippen LogP contribution in [0.5, 0.6) is 0 Å². The quantitative estimate of drug-likeness (QED) is 0.719. The molecule has 0 saturated carbocycles. The van der Waals surface area contributed by atoms with Gasteiger partial charge >= 0.3 is 0 Å². The molecule has 3 aromatic heterocycles. The molecule has 0 aliphatic carbocycles. The monoisotopic (exact) mass is 330 g/mol. The lowest BCUT2D eigenvalue weighted by Crippen LogP contribution is -2.48. The molecule has 0 radical (unpaired) electrons. The Kier molecular flexibility index (Phi) is 2.66. The Morgan fingerprint density at radius 3 is 2.90 bits per heavy atom. The van der Waals surface area contributed by atoms with E-state index in [9.17, 15) is 0 Å². The van der Waals surface area contributed by atoms with Gasteiger partial charge in [-0.25, -0.2) is 15.0 Å². The Hall–Kier alpha value is -2.02. The molecule has 100 valence electrons. The molecule has 7 heteroatoms. The average molecular weight is 331 g/mol. The van der Waals surface area contributed by atoms with E-state index >= 15 is 0 Å². The summed E-state index contributed by atoms with van der Waals surface area (Å²) in [7, 11) is 0. The van der Waals surface area contributed by atoms with Crippen molar-refractivity contribution in [1.29, 1.82) is 0 Å². The van der Waals surface area contributed by atoms with Crippen molar-refractivity contribution in [3.63, 3.8) is 0 Å². The van der Waals surface area contributed by atoms with Crippen LogP contribution in [0, 0.1) is 0 Å². The van der Waals surface area contributed by atoms with E-state index < -0.39 is 0 Å². The van der Waals surface area contributed by atoms with Crippen molar-refractivity contribution in [3.8, 4) is 0 Å². The maximum Gasteiger partial charge on any atom is 0.164 e. The minimum atomic E-state index is 0.392. The van der Waals surface area contributed by atoms with Gasteiger partial charge in [-0.15, -0.1) is 0 Å². The first-order valence-corrected chi connectivity index (χ1v) is 7.11. The molecule has 3 aromatic rings. The van der Waals surface area contributed by atoms with Crippen molar-refractivity contribution in [1.82, 2.24) is 24.7 Å². The maximum absolute atomic E-state index is 4.40. The third-order valence-electron chi connectivity index (χ3n) is 3.49. The molecule has 6 nitrogen and oxygen atoms in total. The van der Waals surface area contributed by atoms with Crippen LogP contribution in [0.15, 0.2) is 41.5 Å². The first kappa shape index (κ1) is 11.8. The smallest absolute Gasteiger partial charge is 0.164 e. The molecule has 1 aliphatic heterocycles. The number of hydrogen-bond donors (Lipinski definition) is 0. The van der Waals surface area contributed by atoms with Crippen LogP contribution in [0.3, 0.4) is 0 Å². The minimum Gasteiger partial charge on any atom is -0.352 e. The second-order valence-electron chi connectivity index (χ2n) is 4.77. The molecule has 1 saturated heterocycles. The number of aromatic nitrogens is 5. The number of fused-ring (bicyclic) bond motifs is 1. The second kappa shape index (κ2) is 4.52. The van der Waals surface area contributed by atoms with E-state index in [2.05, 4.69) is 40.9 Å². The van der Waals surface area contributed by atoms with Crippen molar-refractivity contribution < 1.29 is 0 Å². The van der Waals surface area contributed by atoms with Crippen molar-refractivity contribution in [3.05, 3.63) is 41.5 Å². The fourth-order valence-electron chi connectivity index (χ4n) is 2.44. The van der Waals surface area contributed by atoms with E-state index in [1.54, 1.807) is 12.5 Å². The zero-order valence-electron chi connectivity index (χ0n) is 10.5. The van der Waals surface area contributed by atoms with E-state index in [1.165, 1.54) is 0 Å².